The van der Waals surface area contributed by atoms with Gasteiger partial charge < -0.3 is 9.84 Å². The number of hydrogen-bond donors (Lipinski definition) is 1. The van der Waals surface area contributed by atoms with Gasteiger partial charge >= 0.3 is 5.97 Å². The molecule has 0 saturated heterocycles. The molecule has 0 bridgehead atoms. The van der Waals surface area contributed by atoms with Gasteiger partial charge in [-0.05, 0) is 43.0 Å². The highest BCUT2D eigenvalue weighted by Crippen LogP contribution is 2.35. The second-order valence-corrected chi connectivity index (χ2v) is 8.28. The smallest absolute Gasteiger partial charge is 0.306 e. The van der Waals surface area contributed by atoms with Crippen molar-refractivity contribution < 1.29 is 19.0 Å². The number of benzene rings is 1. The summed E-state index contributed by atoms with van der Waals surface area (Å²) in [6, 6.07) is 8.47. The lowest BCUT2D eigenvalue weighted by Crippen LogP contribution is -2.12. The molecule has 4 nitrogen and oxygen atoms in total. The molecular weight excluding hydrogens is 365 g/mol. The van der Waals surface area contributed by atoms with Gasteiger partial charge in [0.1, 0.15) is 11.6 Å². The van der Waals surface area contributed by atoms with Crippen molar-refractivity contribution in [2.75, 3.05) is 0 Å². The molecule has 1 heterocycles. The number of carbonyl (C=O) groups is 1. The van der Waals surface area contributed by atoms with Crippen molar-refractivity contribution in [2.24, 2.45) is 5.92 Å². The summed E-state index contributed by atoms with van der Waals surface area (Å²) in [6.45, 7) is 1.86. The number of halogens is 1. The van der Waals surface area contributed by atoms with Crippen LogP contribution in [-0.2, 0) is 17.8 Å². The van der Waals surface area contributed by atoms with E-state index in [1.807, 2.05) is 12.1 Å². The summed E-state index contributed by atoms with van der Waals surface area (Å²) >= 11 is 1.79. The number of aliphatic carboxylic acids is 1. The van der Waals surface area contributed by atoms with Gasteiger partial charge in [-0.15, -0.1) is 11.8 Å². The van der Waals surface area contributed by atoms with E-state index in [0.717, 1.165) is 10.6 Å². The summed E-state index contributed by atoms with van der Waals surface area (Å²) in [7, 11) is 0. The molecule has 1 atom stereocenters. The zero-order valence-electron chi connectivity index (χ0n) is 15.4. The van der Waals surface area contributed by atoms with Crippen molar-refractivity contribution in [1.82, 2.24) is 4.98 Å². The van der Waals surface area contributed by atoms with Crippen molar-refractivity contribution in [3.05, 3.63) is 53.5 Å². The number of thioether (sulfide) groups is 1. The maximum absolute atomic E-state index is 14.3. The normalized spacial score (nSPS) is 15.6. The predicted octanol–water partition coefficient (Wildman–Crippen LogP) is 5.10. The summed E-state index contributed by atoms with van der Waals surface area (Å²) in [4.78, 5) is 15.4. The Morgan fingerprint density at radius 1 is 1.37 bits per heavy atom. The number of nitrogens with zero attached hydrogens (tertiary/aromatic N) is 1. The highest BCUT2D eigenvalue weighted by atomic mass is 32.2. The molecule has 0 aliphatic heterocycles. The van der Waals surface area contributed by atoms with Crippen LogP contribution in [0.4, 0.5) is 4.39 Å². The molecule has 0 radical (unpaired) electrons. The summed E-state index contributed by atoms with van der Waals surface area (Å²) < 4.78 is 20.0. The zero-order valence-corrected chi connectivity index (χ0v) is 16.2. The molecule has 0 amide bonds. The maximum atomic E-state index is 14.3. The SMILES string of the molecule is CC(Cc1ccc(OCc2cccnc2SC2CCCC2)c(F)c1)C(=O)O. The van der Waals surface area contributed by atoms with E-state index in [0.29, 0.717) is 10.8 Å². The van der Waals surface area contributed by atoms with E-state index < -0.39 is 17.7 Å². The molecule has 1 saturated carbocycles. The van der Waals surface area contributed by atoms with Crippen LogP contribution in [0.5, 0.6) is 5.75 Å². The van der Waals surface area contributed by atoms with Crippen LogP contribution in [-0.4, -0.2) is 21.3 Å². The molecule has 1 aromatic heterocycles. The number of aromatic nitrogens is 1. The monoisotopic (exact) mass is 389 g/mol. The van der Waals surface area contributed by atoms with E-state index in [2.05, 4.69) is 4.98 Å². The molecule has 27 heavy (non-hydrogen) atoms. The van der Waals surface area contributed by atoms with Crippen molar-refractivity contribution in [3.63, 3.8) is 0 Å². The number of carboxylic acid groups (broad SMARTS) is 1. The van der Waals surface area contributed by atoms with Crippen LogP contribution in [0.1, 0.15) is 43.7 Å². The fourth-order valence-electron chi connectivity index (χ4n) is 3.19. The third kappa shape index (κ3) is 5.45. The molecule has 2 aromatic rings. The van der Waals surface area contributed by atoms with Crippen molar-refractivity contribution in [3.8, 4) is 5.75 Å². The maximum Gasteiger partial charge on any atom is 0.306 e. The Balaban J connectivity index is 1.64. The van der Waals surface area contributed by atoms with Gasteiger partial charge in [-0.2, -0.15) is 0 Å². The van der Waals surface area contributed by atoms with E-state index in [1.54, 1.807) is 37.0 Å². The summed E-state index contributed by atoms with van der Waals surface area (Å²) in [5, 5.41) is 10.5. The molecule has 1 aliphatic carbocycles. The minimum Gasteiger partial charge on any atom is -0.486 e. The van der Waals surface area contributed by atoms with E-state index in [9.17, 15) is 9.18 Å². The number of hydrogen-bond acceptors (Lipinski definition) is 4. The second kappa shape index (κ2) is 9.22. The van der Waals surface area contributed by atoms with Gasteiger partial charge in [0.25, 0.3) is 0 Å². The van der Waals surface area contributed by atoms with Gasteiger partial charge in [0.05, 0.1) is 5.92 Å². The largest absolute Gasteiger partial charge is 0.486 e. The van der Waals surface area contributed by atoms with Crippen LogP contribution in [0.15, 0.2) is 41.6 Å². The summed E-state index contributed by atoms with van der Waals surface area (Å²) in [6.07, 6.45) is 7.04. The number of ether oxygens (including phenoxy) is 1. The van der Waals surface area contributed by atoms with Crippen LogP contribution in [0.3, 0.4) is 0 Å². The molecule has 144 valence electrons. The Kier molecular flexibility index (Phi) is 6.72. The number of pyridine rings is 1. The quantitative estimate of drug-likeness (QED) is 0.681. The number of rotatable bonds is 8. The first-order valence-corrected chi connectivity index (χ1v) is 10.2. The lowest BCUT2D eigenvalue weighted by molar-refractivity contribution is -0.141. The molecular formula is C21H24FNO3S. The van der Waals surface area contributed by atoms with Gasteiger partial charge in [0.15, 0.2) is 11.6 Å². The Morgan fingerprint density at radius 2 is 2.15 bits per heavy atom. The lowest BCUT2D eigenvalue weighted by Gasteiger charge is -2.14. The van der Waals surface area contributed by atoms with E-state index >= 15 is 0 Å². The second-order valence-electron chi connectivity index (χ2n) is 6.99. The summed E-state index contributed by atoms with van der Waals surface area (Å²) in [5.74, 6) is -1.75. The third-order valence-electron chi connectivity index (χ3n) is 4.77. The van der Waals surface area contributed by atoms with Crippen LogP contribution in [0, 0.1) is 11.7 Å². The van der Waals surface area contributed by atoms with Crippen LogP contribution in [0.25, 0.3) is 0 Å². The average Bonchev–Trinajstić information content (AvgIpc) is 3.15. The fraction of sp³-hybridized carbons (Fsp3) is 0.429. The summed E-state index contributed by atoms with van der Waals surface area (Å²) in [5.41, 5.74) is 1.60. The van der Waals surface area contributed by atoms with Gasteiger partial charge in [-0.3, -0.25) is 4.79 Å². The Hall–Kier alpha value is -2.08. The molecule has 3 rings (SSSR count). The van der Waals surface area contributed by atoms with E-state index in [4.69, 9.17) is 9.84 Å². The molecule has 6 heteroatoms. The van der Waals surface area contributed by atoms with Gasteiger partial charge in [-0.1, -0.05) is 31.9 Å². The third-order valence-corrected chi connectivity index (χ3v) is 6.17. The van der Waals surface area contributed by atoms with E-state index in [-0.39, 0.29) is 18.8 Å². The molecule has 0 spiro atoms. The van der Waals surface area contributed by atoms with Gasteiger partial charge in [-0.25, -0.2) is 9.37 Å². The standard InChI is InChI=1S/C21H24FNO3S/c1-14(21(24)25)11-15-8-9-19(18(22)12-15)26-13-16-5-4-10-23-20(16)27-17-6-2-3-7-17/h4-5,8-10,12,14,17H,2-3,6-7,11,13H2,1H3,(H,24,25). The van der Waals surface area contributed by atoms with Crippen molar-refractivity contribution in [2.45, 2.75) is 55.9 Å². The first-order chi connectivity index (χ1) is 13.0. The molecule has 1 aliphatic rings. The molecule has 1 fully saturated rings. The Bertz CT molecular complexity index is 793. The first-order valence-electron chi connectivity index (χ1n) is 9.27. The zero-order chi connectivity index (χ0) is 19.2. The first kappa shape index (κ1) is 19.7. The molecule has 1 aromatic carbocycles. The lowest BCUT2D eigenvalue weighted by atomic mass is 10.0. The van der Waals surface area contributed by atoms with E-state index in [1.165, 1.54) is 31.7 Å². The topological polar surface area (TPSA) is 59.4 Å². The molecule has 1 N–H and O–H groups in total. The fourth-order valence-corrected chi connectivity index (χ4v) is 4.47. The van der Waals surface area contributed by atoms with Crippen LogP contribution in [0.2, 0.25) is 0 Å². The highest BCUT2D eigenvalue weighted by molar-refractivity contribution is 7.99. The van der Waals surface area contributed by atoms with Crippen LogP contribution < -0.4 is 4.74 Å². The highest BCUT2D eigenvalue weighted by Gasteiger charge is 2.19. The minimum atomic E-state index is -0.889. The predicted molar refractivity (Wildman–Crippen MR) is 104 cm³/mol. The average molecular weight is 389 g/mol. The number of carboxylic acids is 1. The van der Waals surface area contributed by atoms with Crippen LogP contribution >= 0.6 is 11.8 Å². The van der Waals surface area contributed by atoms with Crippen molar-refractivity contribution >= 4 is 17.7 Å². The Labute approximate surface area is 163 Å². The van der Waals surface area contributed by atoms with Crippen molar-refractivity contribution in [1.29, 1.82) is 0 Å². The Morgan fingerprint density at radius 3 is 2.85 bits per heavy atom. The van der Waals surface area contributed by atoms with Gasteiger partial charge in [0.2, 0.25) is 0 Å². The van der Waals surface area contributed by atoms with Gasteiger partial charge in [0, 0.05) is 17.0 Å². The minimum absolute atomic E-state index is 0.169. The molecule has 1 unspecified atom stereocenters.